The Bertz CT molecular complexity index is 756. The van der Waals surface area contributed by atoms with Gasteiger partial charge in [-0.05, 0) is 49.2 Å². The minimum absolute atomic E-state index is 0.0126. The number of carbonyl (C=O) groups excluding carboxylic acids is 2. The van der Waals surface area contributed by atoms with Crippen LogP contribution >= 0.6 is 11.6 Å². The van der Waals surface area contributed by atoms with Gasteiger partial charge in [0.1, 0.15) is 5.75 Å². The molecule has 2 aromatic carbocycles. The van der Waals surface area contributed by atoms with Crippen LogP contribution in [0.5, 0.6) is 5.75 Å². The van der Waals surface area contributed by atoms with Crippen LogP contribution in [0.15, 0.2) is 48.5 Å². The van der Waals surface area contributed by atoms with Crippen LogP contribution in [-0.4, -0.2) is 36.4 Å². The van der Waals surface area contributed by atoms with E-state index >= 15 is 0 Å². The molecule has 0 aliphatic heterocycles. The van der Waals surface area contributed by atoms with E-state index in [0.29, 0.717) is 22.0 Å². The third kappa shape index (κ3) is 6.29. The van der Waals surface area contributed by atoms with Crippen molar-refractivity contribution in [1.29, 1.82) is 0 Å². The molecule has 2 amide bonds. The molecule has 144 valence electrons. The second-order valence-corrected chi connectivity index (χ2v) is 6.54. The fourth-order valence-corrected chi connectivity index (χ4v) is 2.83. The Morgan fingerprint density at radius 3 is 2.22 bits per heavy atom. The van der Waals surface area contributed by atoms with E-state index < -0.39 is 0 Å². The van der Waals surface area contributed by atoms with Gasteiger partial charge in [-0.15, -0.1) is 0 Å². The highest BCUT2D eigenvalue weighted by Gasteiger charge is 2.14. The normalized spacial score (nSPS) is 10.3. The molecule has 0 spiro atoms. The Labute approximate surface area is 165 Å². The van der Waals surface area contributed by atoms with Crippen LogP contribution in [0.2, 0.25) is 5.02 Å². The monoisotopic (exact) mass is 388 g/mol. The topological polar surface area (TPSA) is 58.6 Å². The number of anilines is 1. The summed E-state index contributed by atoms with van der Waals surface area (Å²) < 4.78 is 5.41. The molecular weight excluding hydrogens is 364 g/mol. The smallest absolute Gasteiger partial charge is 0.262 e. The van der Waals surface area contributed by atoms with Crippen molar-refractivity contribution in [3.63, 3.8) is 0 Å². The van der Waals surface area contributed by atoms with Gasteiger partial charge in [-0.2, -0.15) is 0 Å². The lowest BCUT2D eigenvalue weighted by Gasteiger charge is -2.21. The first kappa shape index (κ1) is 20.8. The van der Waals surface area contributed by atoms with Gasteiger partial charge in [-0.1, -0.05) is 37.6 Å². The third-order valence-electron chi connectivity index (χ3n) is 3.89. The number of rotatable bonds is 9. The van der Waals surface area contributed by atoms with Crippen molar-refractivity contribution in [2.24, 2.45) is 0 Å². The highest BCUT2D eigenvalue weighted by atomic mass is 35.5. The fourth-order valence-electron chi connectivity index (χ4n) is 2.64. The Hall–Kier alpha value is -2.53. The van der Waals surface area contributed by atoms with Gasteiger partial charge in [0, 0.05) is 24.3 Å². The minimum Gasteiger partial charge on any atom is -0.482 e. The van der Waals surface area contributed by atoms with Crippen LogP contribution < -0.4 is 10.1 Å². The van der Waals surface area contributed by atoms with Gasteiger partial charge in [0.15, 0.2) is 6.61 Å². The quantitative estimate of drug-likeness (QED) is 0.681. The van der Waals surface area contributed by atoms with Crippen molar-refractivity contribution in [1.82, 2.24) is 4.90 Å². The van der Waals surface area contributed by atoms with Gasteiger partial charge in [-0.25, -0.2) is 0 Å². The zero-order chi connectivity index (χ0) is 19.6. The Morgan fingerprint density at radius 2 is 1.63 bits per heavy atom. The van der Waals surface area contributed by atoms with Gasteiger partial charge in [-0.3, -0.25) is 9.59 Å². The van der Waals surface area contributed by atoms with Crippen molar-refractivity contribution in [3.8, 4) is 5.75 Å². The van der Waals surface area contributed by atoms with Crippen LogP contribution in [-0.2, 0) is 4.79 Å². The molecule has 0 saturated carbocycles. The van der Waals surface area contributed by atoms with E-state index in [0.717, 1.165) is 25.9 Å². The number of hydrogen-bond donors (Lipinski definition) is 1. The second-order valence-electron chi connectivity index (χ2n) is 6.14. The first-order chi connectivity index (χ1) is 13.0. The average Bonchev–Trinajstić information content (AvgIpc) is 2.67. The predicted octanol–water partition coefficient (Wildman–Crippen LogP) is 4.62. The molecule has 0 radical (unpaired) electrons. The molecule has 0 bridgehead atoms. The van der Waals surface area contributed by atoms with E-state index in [1.807, 2.05) is 4.90 Å². The molecule has 0 fully saturated rings. The SMILES string of the molecule is CCCN(CCC)C(=O)c1ccc(NC(=O)COc2ccccc2Cl)cc1. The molecule has 2 rings (SSSR count). The van der Waals surface area contributed by atoms with Gasteiger partial charge in [0.05, 0.1) is 5.02 Å². The molecule has 0 aliphatic rings. The van der Waals surface area contributed by atoms with E-state index in [9.17, 15) is 9.59 Å². The summed E-state index contributed by atoms with van der Waals surface area (Å²) in [4.78, 5) is 26.4. The van der Waals surface area contributed by atoms with Crippen LogP contribution in [0, 0.1) is 0 Å². The Kier molecular flexibility index (Phi) is 8.14. The van der Waals surface area contributed by atoms with Crippen LogP contribution in [0.25, 0.3) is 0 Å². The molecule has 0 atom stereocenters. The molecule has 5 nitrogen and oxygen atoms in total. The fraction of sp³-hybridized carbons (Fsp3) is 0.333. The van der Waals surface area contributed by atoms with Crippen molar-refractivity contribution < 1.29 is 14.3 Å². The Balaban J connectivity index is 1.91. The van der Waals surface area contributed by atoms with Crippen molar-refractivity contribution in [2.45, 2.75) is 26.7 Å². The number of benzene rings is 2. The zero-order valence-corrected chi connectivity index (χ0v) is 16.5. The molecule has 0 heterocycles. The maximum Gasteiger partial charge on any atom is 0.262 e. The molecule has 1 N–H and O–H groups in total. The number of para-hydroxylation sites is 1. The molecule has 0 aliphatic carbocycles. The first-order valence-corrected chi connectivity index (χ1v) is 9.49. The lowest BCUT2D eigenvalue weighted by Crippen LogP contribution is -2.32. The molecular formula is C21H25ClN2O3. The van der Waals surface area contributed by atoms with Gasteiger partial charge < -0.3 is 15.0 Å². The number of halogens is 1. The summed E-state index contributed by atoms with van der Waals surface area (Å²) in [5, 5.41) is 3.20. The maximum atomic E-state index is 12.6. The second kappa shape index (κ2) is 10.6. The highest BCUT2D eigenvalue weighted by molar-refractivity contribution is 6.32. The summed E-state index contributed by atoms with van der Waals surface area (Å²) in [7, 11) is 0. The number of ether oxygens (including phenoxy) is 1. The number of amides is 2. The van der Waals surface area contributed by atoms with Gasteiger partial charge in [0.2, 0.25) is 0 Å². The van der Waals surface area contributed by atoms with Gasteiger partial charge in [0.25, 0.3) is 11.8 Å². The average molecular weight is 389 g/mol. The largest absolute Gasteiger partial charge is 0.482 e. The summed E-state index contributed by atoms with van der Waals surface area (Å²) in [6.45, 7) is 5.44. The van der Waals surface area contributed by atoms with Crippen molar-refractivity contribution in [2.75, 3.05) is 25.0 Å². The summed E-state index contributed by atoms with van der Waals surface area (Å²) in [5.41, 5.74) is 1.22. The van der Waals surface area contributed by atoms with Crippen LogP contribution in [0.1, 0.15) is 37.0 Å². The first-order valence-electron chi connectivity index (χ1n) is 9.11. The number of hydrogen-bond acceptors (Lipinski definition) is 3. The molecule has 27 heavy (non-hydrogen) atoms. The zero-order valence-electron chi connectivity index (χ0n) is 15.7. The van der Waals surface area contributed by atoms with Crippen LogP contribution in [0.3, 0.4) is 0 Å². The standard InChI is InChI=1S/C21H25ClN2O3/c1-3-13-24(14-4-2)21(26)16-9-11-17(12-10-16)23-20(25)15-27-19-8-6-5-7-18(19)22/h5-12H,3-4,13-15H2,1-2H3,(H,23,25). The molecule has 0 unspecified atom stereocenters. The van der Waals surface area contributed by atoms with E-state index in [-0.39, 0.29) is 18.4 Å². The highest BCUT2D eigenvalue weighted by Crippen LogP contribution is 2.23. The number of nitrogens with zero attached hydrogens (tertiary/aromatic N) is 1. The Morgan fingerprint density at radius 1 is 1.00 bits per heavy atom. The lowest BCUT2D eigenvalue weighted by atomic mass is 10.1. The van der Waals surface area contributed by atoms with E-state index in [1.165, 1.54) is 0 Å². The molecule has 2 aromatic rings. The number of carbonyl (C=O) groups is 2. The molecule has 0 saturated heterocycles. The van der Waals surface area contributed by atoms with E-state index in [1.54, 1.807) is 48.5 Å². The van der Waals surface area contributed by atoms with Crippen molar-refractivity contribution >= 4 is 29.1 Å². The lowest BCUT2D eigenvalue weighted by molar-refractivity contribution is -0.118. The third-order valence-corrected chi connectivity index (χ3v) is 4.20. The van der Waals surface area contributed by atoms with E-state index in [2.05, 4.69) is 19.2 Å². The number of nitrogens with one attached hydrogen (secondary N) is 1. The minimum atomic E-state index is -0.299. The summed E-state index contributed by atoms with van der Waals surface area (Å²) >= 11 is 5.99. The summed E-state index contributed by atoms with van der Waals surface area (Å²) in [6.07, 6.45) is 1.84. The molecule has 6 heteroatoms. The summed E-state index contributed by atoms with van der Waals surface area (Å²) in [6, 6.07) is 13.9. The summed E-state index contributed by atoms with van der Waals surface area (Å²) in [5.74, 6) is 0.174. The van der Waals surface area contributed by atoms with Crippen LogP contribution in [0.4, 0.5) is 5.69 Å². The maximum absolute atomic E-state index is 12.6. The van der Waals surface area contributed by atoms with Crippen molar-refractivity contribution in [3.05, 3.63) is 59.1 Å². The molecule has 0 aromatic heterocycles. The van der Waals surface area contributed by atoms with E-state index in [4.69, 9.17) is 16.3 Å². The predicted molar refractivity (Wildman–Crippen MR) is 109 cm³/mol. The van der Waals surface area contributed by atoms with Gasteiger partial charge >= 0.3 is 0 Å².